The van der Waals surface area contributed by atoms with Crippen LogP contribution in [0.4, 0.5) is 0 Å². The molecule has 0 amide bonds. The molecule has 0 saturated heterocycles. The Morgan fingerprint density at radius 1 is 1.12 bits per heavy atom. The third-order valence-corrected chi connectivity index (χ3v) is 6.31. The molecule has 2 aromatic rings. The molecular formula is C17H17Cl2NO4S. The predicted octanol–water partition coefficient (Wildman–Crippen LogP) is 3.62. The molecule has 2 rings (SSSR count). The topological polar surface area (TPSA) is 74.7 Å². The minimum atomic E-state index is -3.98. The van der Waals surface area contributed by atoms with E-state index in [2.05, 4.69) is 0 Å². The van der Waals surface area contributed by atoms with Gasteiger partial charge in [0.1, 0.15) is 6.04 Å². The highest BCUT2D eigenvalue weighted by Crippen LogP contribution is 2.23. The summed E-state index contributed by atoms with van der Waals surface area (Å²) in [5.41, 5.74) is 1.52. The zero-order chi connectivity index (χ0) is 18.8. The van der Waals surface area contributed by atoms with Gasteiger partial charge in [-0.25, -0.2) is 8.42 Å². The molecular weight excluding hydrogens is 385 g/mol. The van der Waals surface area contributed by atoms with Gasteiger partial charge in [0.25, 0.3) is 0 Å². The second kappa shape index (κ2) is 7.74. The zero-order valence-electron chi connectivity index (χ0n) is 13.6. The lowest BCUT2D eigenvalue weighted by molar-refractivity contribution is -0.141. The van der Waals surface area contributed by atoms with Crippen LogP contribution in [0.1, 0.15) is 11.1 Å². The van der Waals surface area contributed by atoms with Crippen molar-refractivity contribution in [2.75, 3.05) is 7.05 Å². The summed E-state index contributed by atoms with van der Waals surface area (Å²) in [5, 5.41) is 10.4. The van der Waals surface area contributed by atoms with Crippen molar-refractivity contribution >= 4 is 39.2 Å². The van der Waals surface area contributed by atoms with Crippen LogP contribution >= 0.6 is 23.2 Å². The fraction of sp³-hybridized carbons (Fsp3) is 0.235. The molecule has 0 aromatic heterocycles. The molecule has 0 fully saturated rings. The molecule has 0 aliphatic rings. The maximum atomic E-state index is 12.7. The van der Waals surface area contributed by atoms with Gasteiger partial charge in [0.2, 0.25) is 10.0 Å². The third-order valence-electron chi connectivity index (χ3n) is 3.94. The Bertz CT molecular complexity index is 882. The number of carbonyl (C=O) groups is 1. The standard InChI is InChI=1S/C17H17Cl2NO4S/c1-11-3-4-14(19)9-12(11)10-16(17(21)22)20(2)25(23,24)15-7-5-13(18)6-8-15/h3-9,16H,10H2,1-2H3,(H,21,22)/t16-/m0/s1. The highest BCUT2D eigenvalue weighted by Gasteiger charge is 2.33. The molecule has 0 unspecified atom stereocenters. The second-order valence-electron chi connectivity index (χ2n) is 5.60. The Kier molecular flexibility index (Phi) is 6.11. The molecule has 1 atom stereocenters. The number of hydrogen-bond acceptors (Lipinski definition) is 3. The molecule has 0 heterocycles. The summed E-state index contributed by atoms with van der Waals surface area (Å²) in [6.07, 6.45) is 0.00501. The SMILES string of the molecule is Cc1ccc(Cl)cc1C[C@@H](C(=O)O)N(C)S(=O)(=O)c1ccc(Cl)cc1. The molecule has 5 nitrogen and oxygen atoms in total. The van der Waals surface area contributed by atoms with Gasteiger partial charge in [-0.3, -0.25) is 4.79 Å². The maximum Gasteiger partial charge on any atom is 0.322 e. The number of aryl methyl sites for hydroxylation is 1. The molecule has 0 saturated carbocycles. The molecule has 25 heavy (non-hydrogen) atoms. The minimum Gasteiger partial charge on any atom is -0.480 e. The number of carboxylic acids is 1. The summed E-state index contributed by atoms with van der Waals surface area (Å²) in [6, 6.07) is 9.43. The Hall–Kier alpha value is -1.60. The van der Waals surface area contributed by atoms with E-state index in [-0.39, 0.29) is 11.3 Å². The maximum absolute atomic E-state index is 12.7. The largest absolute Gasteiger partial charge is 0.480 e. The van der Waals surface area contributed by atoms with Gasteiger partial charge in [0, 0.05) is 23.5 Å². The quantitative estimate of drug-likeness (QED) is 0.801. The second-order valence-corrected chi connectivity index (χ2v) is 8.47. The number of aliphatic carboxylic acids is 1. The molecule has 0 aliphatic heterocycles. The fourth-order valence-corrected chi connectivity index (χ4v) is 4.01. The van der Waals surface area contributed by atoms with Crippen LogP contribution in [-0.4, -0.2) is 36.9 Å². The minimum absolute atomic E-state index is 0.00501. The molecule has 134 valence electrons. The van der Waals surface area contributed by atoms with Crippen LogP contribution in [0.3, 0.4) is 0 Å². The van der Waals surface area contributed by atoms with E-state index in [0.29, 0.717) is 15.6 Å². The number of sulfonamides is 1. The van der Waals surface area contributed by atoms with Crippen molar-refractivity contribution in [1.29, 1.82) is 0 Å². The first-order chi connectivity index (χ1) is 11.6. The normalized spacial score (nSPS) is 13.0. The van der Waals surface area contributed by atoms with E-state index in [1.165, 1.54) is 31.3 Å². The number of rotatable bonds is 6. The molecule has 0 aliphatic carbocycles. The summed E-state index contributed by atoms with van der Waals surface area (Å²) in [5.74, 6) is -1.24. The Morgan fingerprint density at radius 2 is 1.68 bits per heavy atom. The van der Waals surface area contributed by atoms with Crippen LogP contribution in [0, 0.1) is 6.92 Å². The fourth-order valence-electron chi connectivity index (χ4n) is 2.38. The first-order valence-electron chi connectivity index (χ1n) is 7.34. The van der Waals surface area contributed by atoms with Crippen LogP contribution < -0.4 is 0 Å². The van der Waals surface area contributed by atoms with E-state index in [1.54, 1.807) is 18.2 Å². The van der Waals surface area contributed by atoms with Crippen molar-refractivity contribution in [3.8, 4) is 0 Å². The highest BCUT2D eigenvalue weighted by molar-refractivity contribution is 7.89. The smallest absolute Gasteiger partial charge is 0.322 e. The molecule has 0 spiro atoms. The molecule has 8 heteroatoms. The molecule has 0 radical (unpaired) electrons. The van der Waals surface area contributed by atoms with Gasteiger partial charge in [-0.1, -0.05) is 29.3 Å². The molecule has 0 bridgehead atoms. The van der Waals surface area contributed by atoms with E-state index in [0.717, 1.165) is 9.87 Å². The zero-order valence-corrected chi connectivity index (χ0v) is 15.9. The van der Waals surface area contributed by atoms with Crippen molar-refractivity contribution in [2.45, 2.75) is 24.3 Å². The van der Waals surface area contributed by atoms with Crippen LogP contribution in [0.25, 0.3) is 0 Å². The summed E-state index contributed by atoms with van der Waals surface area (Å²) in [7, 11) is -2.73. The van der Waals surface area contributed by atoms with Gasteiger partial charge >= 0.3 is 5.97 Å². The van der Waals surface area contributed by atoms with Gasteiger partial charge in [-0.2, -0.15) is 4.31 Å². The summed E-state index contributed by atoms with van der Waals surface area (Å²) in [6.45, 7) is 1.82. The average Bonchev–Trinajstić information content (AvgIpc) is 2.55. The van der Waals surface area contributed by atoms with Gasteiger partial charge in [-0.05, 0) is 54.4 Å². The van der Waals surface area contributed by atoms with Gasteiger partial charge in [-0.15, -0.1) is 0 Å². The Labute approximate surface area is 156 Å². The van der Waals surface area contributed by atoms with Crippen molar-refractivity contribution in [1.82, 2.24) is 4.31 Å². The molecule has 2 aromatic carbocycles. The number of benzene rings is 2. The average molecular weight is 402 g/mol. The van der Waals surface area contributed by atoms with Crippen LogP contribution in [0.15, 0.2) is 47.4 Å². The lowest BCUT2D eigenvalue weighted by Gasteiger charge is -2.25. The first-order valence-corrected chi connectivity index (χ1v) is 9.54. The van der Waals surface area contributed by atoms with Crippen molar-refractivity contribution in [3.63, 3.8) is 0 Å². The number of nitrogens with zero attached hydrogens (tertiary/aromatic N) is 1. The molecule has 1 N–H and O–H groups in total. The van der Waals surface area contributed by atoms with E-state index >= 15 is 0 Å². The van der Waals surface area contributed by atoms with Crippen molar-refractivity contribution in [2.24, 2.45) is 0 Å². The van der Waals surface area contributed by atoms with Crippen molar-refractivity contribution in [3.05, 3.63) is 63.6 Å². The van der Waals surface area contributed by atoms with Gasteiger partial charge in [0.05, 0.1) is 4.90 Å². The summed E-state index contributed by atoms with van der Waals surface area (Å²) >= 11 is 11.7. The van der Waals surface area contributed by atoms with E-state index in [9.17, 15) is 18.3 Å². The number of hydrogen-bond donors (Lipinski definition) is 1. The van der Waals surface area contributed by atoms with Crippen LogP contribution in [0.2, 0.25) is 10.0 Å². The van der Waals surface area contributed by atoms with Gasteiger partial charge in [0.15, 0.2) is 0 Å². The number of halogens is 2. The van der Waals surface area contributed by atoms with Crippen LogP contribution in [0.5, 0.6) is 0 Å². The monoisotopic (exact) mass is 401 g/mol. The summed E-state index contributed by atoms with van der Waals surface area (Å²) < 4.78 is 26.3. The predicted molar refractivity (Wildman–Crippen MR) is 97.7 cm³/mol. The van der Waals surface area contributed by atoms with E-state index in [4.69, 9.17) is 23.2 Å². The van der Waals surface area contributed by atoms with E-state index in [1.807, 2.05) is 6.92 Å². The first kappa shape index (κ1) is 19.7. The van der Waals surface area contributed by atoms with Crippen molar-refractivity contribution < 1.29 is 18.3 Å². The number of carboxylic acid groups (broad SMARTS) is 1. The summed E-state index contributed by atoms with van der Waals surface area (Å²) in [4.78, 5) is 11.7. The third kappa shape index (κ3) is 4.52. The number of likely N-dealkylation sites (N-methyl/N-ethyl adjacent to an activating group) is 1. The Morgan fingerprint density at radius 3 is 2.24 bits per heavy atom. The highest BCUT2D eigenvalue weighted by atomic mass is 35.5. The lowest BCUT2D eigenvalue weighted by atomic mass is 10.0. The van der Waals surface area contributed by atoms with Gasteiger partial charge < -0.3 is 5.11 Å². The van der Waals surface area contributed by atoms with E-state index < -0.39 is 22.0 Å². The van der Waals surface area contributed by atoms with Crippen LogP contribution in [-0.2, 0) is 21.2 Å². The Balaban J connectivity index is 2.37. The lowest BCUT2D eigenvalue weighted by Crippen LogP contribution is -2.43.